The minimum absolute atomic E-state index is 0.0481. The van der Waals surface area contributed by atoms with Crippen LogP contribution >= 0.6 is 0 Å². The van der Waals surface area contributed by atoms with Crippen molar-refractivity contribution in [2.45, 2.75) is 24.4 Å². The summed E-state index contributed by atoms with van der Waals surface area (Å²) in [6.07, 6.45) is -7.57. The van der Waals surface area contributed by atoms with E-state index in [-0.39, 0.29) is 36.2 Å². The first-order valence-electron chi connectivity index (χ1n) is 10.3. The fourth-order valence-electron chi connectivity index (χ4n) is 4.06. The summed E-state index contributed by atoms with van der Waals surface area (Å²) < 4.78 is 94.2. The Morgan fingerprint density at radius 3 is 2.31 bits per heavy atom. The molecule has 0 aliphatic carbocycles. The standard InChI is InChI=1S/C24H17F7N2O2/c25-18-10-17(11-32-12-18)22(35)6-7-33(13-22)21(34)19-5-4-15(9-20(19)24(29,30)31)14-2-1-3-16(8-14)23(26,27)28/h1-5,8-12,35H,6-7,13H2. The monoisotopic (exact) mass is 498 g/mol. The van der Waals surface area contributed by atoms with E-state index in [0.717, 1.165) is 47.5 Å². The number of hydrogen-bond donors (Lipinski definition) is 1. The summed E-state index contributed by atoms with van der Waals surface area (Å²) >= 11 is 0. The quantitative estimate of drug-likeness (QED) is 0.475. The van der Waals surface area contributed by atoms with Crippen LogP contribution in [0.4, 0.5) is 30.7 Å². The summed E-state index contributed by atoms with van der Waals surface area (Å²) in [5.41, 5.74) is -4.91. The molecule has 4 rings (SSSR count). The molecular formula is C24H17F7N2O2. The molecule has 1 atom stereocenters. The normalized spacial score (nSPS) is 18.7. The summed E-state index contributed by atoms with van der Waals surface area (Å²) in [5.74, 6) is -1.74. The van der Waals surface area contributed by atoms with E-state index in [9.17, 15) is 40.6 Å². The third kappa shape index (κ3) is 5.00. The molecule has 1 N–H and O–H groups in total. The molecular weight excluding hydrogens is 481 g/mol. The second kappa shape index (κ2) is 8.63. The van der Waals surface area contributed by atoms with Gasteiger partial charge in [0.25, 0.3) is 5.91 Å². The number of rotatable bonds is 3. The van der Waals surface area contributed by atoms with Crippen LogP contribution in [0.3, 0.4) is 0 Å². The fourth-order valence-corrected chi connectivity index (χ4v) is 4.06. The molecule has 1 amide bonds. The lowest BCUT2D eigenvalue weighted by Crippen LogP contribution is -2.35. The summed E-state index contributed by atoms with van der Waals surface area (Å²) in [7, 11) is 0. The lowest BCUT2D eigenvalue weighted by molar-refractivity contribution is -0.138. The molecule has 4 nitrogen and oxygen atoms in total. The van der Waals surface area contributed by atoms with Crippen molar-refractivity contribution in [3.8, 4) is 11.1 Å². The Balaban J connectivity index is 1.67. The van der Waals surface area contributed by atoms with Crippen LogP contribution in [0.1, 0.15) is 33.5 Å². The van der Waals surface area contributed by atoms with E-state index in [1.165, 1.54) is 12.3 Å². The van der Waals surface area contributed by atoms with Crippen molar-refractivity contribution in [1.82, 2.24) is 9.88 Å². The number of benzene rings is 2. The summed E-state index contributed by atoms with van der Waals surface area (Å²) in [5, 5.41) is 10.9. The van der Waals surface area contributed by atoms with Crippen LogP contribution in [0.2, 0.25) is 0 Å². The van der Waals surface area contributed by atoms with Crippen LogP contribution in [0, 0.1) is 5.82 Å². The Labute approximate surface area is 194 Å². The molecule has 1 saturated heterocycles. The van der Waals surface area contributed by atoms with Gasteiger partial charge in [-0.05, 0) is 47.9 Å². The first-order chi connectivity index (χ1) is 16.3. The van der Waals surface area contributed by atoms with Gasteiger partial charge in [0, 0.05) is 18.3 Å². The molecule has 0 radical (unpaired) electrons. The molecule has 3 aromatic rings. The second-order valence-corrected chi connectivity index (χ2v) is 8.24. The smallest absolute Gasteiger partial charge is 0.383 e. The SMILES string of the molecule is O=C(c1ccc(-c2cccc(C(F)(F)F)c2)cc1C(F)(F)F)N1CCC(O)(c2cncc(F)c2)C1. The number of likely N-dealkylation sites (tertiary alicyclic amines) is 1. The van der Waals surface area contributed by atoms with Crippen molar-refractivity contribution in [1.29, 1.82) is 0 Å². The maximum absolute atomic E-state index is 13.9. The minimum atomic E-state index is -4.98. The highest BCUT2D eigenvalue weighted by Gasteiger charge is 2.43. The predicted octanol–water partition coefficient (Wildman–Crippen LogP) is 5.66. The topological polar surface area (TPSA) is 53.4 Å². The number of aliphatic hydroxyl groups is 1. The Kier molecular flexibility index (Phi) is 6.08. The molecule has 11 heteroatoms. The minimum Gasteiger partial charge on any atom is -0.383 e. The van der Waals surface area contributed by atoms with Gasteiger partial charge in [-0.15, -0.1) is 0 Å². The number of carbonyl (C=O) groups excluding carboxylic acids is 1. The third-order valence-corrected chi connectivity index (χ3v) is 5.86. The van der Waals surface area contributed by atoms with E-state index in [1.807, 2.05) is 0 Å². The van der Waals surface area contributed by atoms with E-state index < -0.39 is 46.4 Å². The van der Waals surface area contributed by atoms with E-state index in [2.05, 4.69) is 4.98 Å². The van der Waals surface area contributed by atoms with E-state index in [1.54, 1.807) is 0 Å². The second-order valence-electron chi connectivity index (χ2n) is 8.24. The molecule has 1 aliphatic rings. The molecule has 0 saturated carbocycles. The first-order valence-corrected chi connectivity index (χ1v) is 10.3. The van der Waals surface area contributed by atoms with Gasteiger partial charge in [0.05, 0.1) is 29.4 Å². The van der Waals surface area contributed by atoms with E-state index in [0.29, 0.717) is 6.07 Å². The molecule has 1 aromatic heterocycles. The zero-order valence-corrected chi connectivity index (χ0v) is 17.8. The predicted molar refractivity (Wildman–Crippen MR) is 110 cm³/mol. The summed E-state index contributed by atoms with van der Waals surface area (Å²) in [4.78, 5) is 17.7. The highest BCUT2D eigenvalue weighted by molar-refractivity contribution is 5.97. The Morgan fingerprint density at radius 1 is 0.943 bits per heavy atom. The Hall–Kier alpha value is -3.47. The number of aromatic nitrogens is 1. The van der Waals surface area contributed by atoms with Crippen LogP contribution in [0.15, 0.2) is 60.9 Å². The van der Waals surface area contributed by atoms with Crippen molar-refractivity contribution in [2.75, 3.05) is 13.1 Å². The lowest BCUT2D eigenvalue weighted by atomic mass is 9.94. The zero-order chi connectivity index (χ0) is 25.6. The van der Waals surface area contributed by atoms with Gasteiger partial charge in [0.1, 0.15) is 11.4 Å². The maximum atomic E-state index is 13.9. The van der Waals surface area contributed by atoms with Crippen LogP contribution in [-0.4, -0.2) is 34.0 Å². The average Bonchev–Trinajstić information content (AvgIpc) is 3.20. The summed E-state index contributed by atoms with van der Waals surface area (Å²) in [6.45, 7) is -0.484. The highest BCUT2D eigenvalue weighted by Crippen LogP contribution is 2.39. The molecule has 2 aromatic carbocycles. The Bertz CT molecular complexity index is 1270. The number of halogens is 7. The van der Waals surface area contributed by atoms with Gasteiger partial charge in [-0.2, -0.15) is 26.3 Å². The lowest BCUT2D eigenvalue weighted by Gasteiger charge is -2.24. The van der Waals surface area contributed by atoms with Crippen molar-refractivity contribution >= 4 is 5.91 Å². The van der Waals surface area contributed by atoms with Crippen LogP contribution in [-0.2, 0) is 18.0 Å². The van der Waals surface area contributed by atoms with Crippen molar-refractivity contribution in [2.24, 2.45) is 0 Å². The first kappa shape index (κ1) is 24.6. The number of β-amino-alcohol motifs (C(OH)–C–C–N with tert-alkyl or cyclic N) is 1. The molecule has 0 spiro atoms. The van der Waals surface area contributed by atoms with Gasteiger partial charge < -0.3 is 10.0 Å². The van der Waals surface area contributed by atoms with Crippen LogP contribution in [0.5, 0.6) is 0 Å². The Morgan fingerprint density at radius 2 is 1.66 bits per heavy atom. The number of nitrogens with zero attached hydrogens (tertiary/aromatic N) is 2. The number of alkyl halides is 6. The zero-order valence-electron chi connectivity index (χ0n) is 17.8. The molecule has 1 unspecified atom stereocenters. The largest absolute Gasteiger partial charge is 0.417 e. The highest BCUT2D eigenvalue weighted by atomic mass is 19.4. The molecule has 1 fully saturated rings. The van der Waals surface area contributed by atoms with Gasteiger partial charge in [-0.3, -0.25) is 9.78 Å². The van der Waals surface area contributed by atoms with Gasteiger partial charge in [-0.25, -0.2) is 4.39 Å². The summed E-state index contributed by atoms with van der Waals surface area (Å²) in [6, 6.07) is 7.54. The molecule has 35 heavy (non-hydrogen) atoms. The van der Waals surface area contributed by atoms with Crippen LogP contribution in [0.25, 0.3) is 11.1 Å². The molecule has 0 bridgehead atoms. The molecule has 184 valence electrons. The van der Waals surface area contributed by atoms with Crippen molar-refractivity contribution in [3.63, 3.8) is 0 Å². The van der Waals surface area contributed by atoms with Gasteiger partial charge in [0.2, 0.25) is 0 Å². The van der Waals surface area contributed by atoms with E-state index in [4.69, 9.17) is 0 Å². The molecule has 1 aliphatic heterocycles. The van der Waals surface area contributed by atoms with Crippen molar-refractivity contribution in [3.05, 3.63) is 89.0 Å². The number of amides is 1. The third-order valence-electron chi connectivity index (χ3n) is 5.86. The van der Waals surface area contributed by atoms with Gasteiger partial charge in [-0.1, -0.05) is 18.2 Å². The number of pyridine rings is 1. The van der Waals surface area contributed by atoms with E-state index >= 15 is 0 Å². The van der Waals surface area contributed by atoms with Gasteiger partial charge >= 0.3 is 12.4 Å². The number of carbonyl (C=O) groups is 1. The van der Waals surface area contributed by atoms with Crippen LogP contribution < -0.4 is 0 Å². The average molecular weight is 498 g/mol. The number of hydrogen-bond acceptors (Lipinski definition) is 3. The van der Waals surface area contributed by atoms with Crippen molar-refractivity contribution < 1.29 is 40.6 Å². The van der Waals surface area contributed by atoms with Gasteiger partial charge in [0.15, 0.2) is 0 Å². The fraction of sp³-hybridized carbons (Fsp3) is 0.250. The maximum Gasteiger partial charge on any atom is 0.417 e. The molecule has 2 heterocycles.